The van der Waals surface area contributed by atoms with Crippen molar-refractivity contribution in [1.82, 2.24) is 10.6 Å². The lowest BCUT2D eigenvalue weighted by Gasteiger charge is -2.28. The average Bonchev–Trinajstić information content (AvgIpc) is 2.62. The Balaban J connectivity index is 2.13. The van der Waals surface area contributed by atoms with Crippen LogP contribution in [0.1, 0.15) is 10.4 Å². The predicted molar refractivity (Wildman–Crippen MR) is 120 cm³/mol. The van der Waals surface area contributed by atoms with Gasteiger partial charge < -0.3 is 16.0 Å². The quantitative estimate of drug-likeness (QED) is 0.164. The number of carbonyl (C=O) groups excluding carboxylic acids is 1. The first kappa shape index (κ1) is 23.7. The summed E-state index contributed by atoms with van der Waals surface area (Å²) in [6, 6.07) is 9.76. The second-order valence-electron chi connectivity index (χ2n) is 5.48. The zero-order chi connectivity index (χ0) is 21.8. The van der Waals surface area contributed by atoms with E-state index < -0.39 is 20.8 Å². The van der Waals surface area contributed by atoms with E-state index in [4.69, 9.17) is 70.2 Å². The van der Waals surface area contributed by atoms with E-state index in [-0.39, 0.29) is 16.4 Å². The summed E-state index contributed by atoms with van der Waals surface area (Å²) in [6.07, 6.45) is -1.27. The first-order chi connectivity index (χ1) is 13.5. The van der Waals surface area contributed by atoms with E-state index in [9.17, 15) is 14.9 Å². The molecule has 0 aliphatic heterocycles. The van der Waals surface area contributed by atoms with Crippen molar-refractivity contribution in [1.29, 1.82) is 0 Å². The Hall–Kier alpha value is -1.55. The molecule has 0 aliphatic carbocycles. The summed E-state index contributed by atoms with van der Waals surface area (Å²) in [5.41, 5.74) is 0.173. The minimum atomic E-state index is -2.01. The Morgan fingerprint density at radius 1 is 1.10 bits per heavy atom. The summed E-state index contributed by atoms with van der Waals surface area (Å²) in [5, 5.41) is 19.5. The number of nitro benzene ring substituents is 1. The van der Waals surface area contributed by atoms with Crippen LogP contribution in [-0.4, -0.2) is 25.9 Å². The minimum Gasteiger partial charge on any atom is -0.339 e. The van der Waals surface area contributed by atoms with E-state index in [0.29, 0.717) is 15.7 Å². The number of thiocarbonyl (C=S) groups is 1. The number of nitro groups is 1. The van der Waals surface area contributed by atoms with E-state index in [2.05, 4.69) is 16.0 Å². The third-order valence-corrected chi connectivity index (χ3v) is 4.80. The largest absolute Gasteiger partial charge is 0.339 e. The second kappa shape index (κ2) is 9.97. The number of hydrogen-bond donors (Lipinski definition) is 3. The van der Waals surface area contributed by atoms with E-state index in [1.54, 1.807) is 12.1 Å². The number of halogens is 5. The van der Waals surface area contributed by atoms with Crippen LogP contribution in [0.5, 0.6) is 0 Å². The van der Waals surface area contributed by atoms with Crippen LogP contribution in [0.25, 0.3) is 0 Å². The lowest BCUT2D eigenvalue weighted by Crippen LogP contribution is -2.56. The van der Waals surface area contributed by atoms with Gasteiger partial charge in [-0.15, -0.1) is 0 Å². The highest BCUT2D eigenvalue weighted by molar-refractivity contribution is 7.80. The van der Waals surface area contributed by atoms with Crippen LogP contribution in [0.2, 0.25) is 10.0 Å². The van der Waals surface area contributed by atoms with Gasteiger partial charge in [0.25, 0.3) is 11.6 Å². The summed E-state index contributed by atoms with van der Waals surface area (Å²) in [5.74, 6) is -0.718. The Bertz CT molecular complexity index is 954. The SMILES string of the molecule is O=C(N[C@@H](NC(=S)Nc1ccc(Cl)cc1Cl)C(Cl)(Cl)Cl)c1cccc([N+](=O)[O-])c1. The normalized spacial score (nSPS) is 12.0. The molecule has 154 valence electrons. The Labute approximate surface area is 195 Å². The van der Waals surface area contributed by atoms with E-state index in [1.807, 2.05) is 0 Å². The van der Waals surface area contributed by atoms with Crippen LogP contribution >= 0.6 is 70.2 Å². The van der Waals surface area contributed by atoms with E-state index in [0.717, 1.165) is 6.07 Å². The molecule has 1 amide bonds. The van der Waals surface area contributed by atoms with Crippen LogP contribution in [0.4, 0.5) is 11.4 Å². The van der Waals surface area contributed by atoms with Gasteiger partial charge in [0, 0.05) is 22.7 Å². The second-order valence-corrected chi connectivity index (χ2v) is 9.10. The van der Waals surface area contributed by atoms with Gasteiger partial charge in [0.15, 0.2) is 5.11 Å². The lowest BCUT2D eigenvalue weighted by atomic mass is 10.2. The fraction of sp³-hybridized carbons (Fsp3) is 0.125. The molecule has 1 atom stereocenters. The molecule has 29 heavy (non-hydrogen) atoms. The third kappa shape index (κ3) is 7.02. The minimum absolute atomic E-state index is 0.000117. The number of anilines is 1. The smallest absolute Gasteiger partial charge is 0.270 e. The molecule has 0 spiro atoms. The highest BCUT2D eigenvalue weighted by Gasteiger charge is 2.35. The highest BCUT2D eigenvalue weighted by atomic mass is 35.6. The van der Waals surface area contributed by atoms with Gasteiger partial charge in [-0.3, -0.25) is 14.9 Å². The zero-order valence-corrected chi connectivity index (χ0v) is 18.7. The van der Waals surface area contributed by atoms with Gasteiger partial charge in [0.2, 0.25) is 3.79 Å². The molecule has 0 radical (unpaired) electrons. The summed E-state index contributed by atoms with van der Waals surface area (Å²) in [7, 11) is 0. The molecule has 2 aromatic rings. The summed E-state index contributed by atoms with van der Waals surface area (Å²) in [4.78, 5) is 22.7. The van der Waals surface area contributed by atoms with Gasteiger partial charge in [0.1, 0.15) is 6.17 Å². The molecule has 2 aromatic carbocycles. The Kier molecular flexibility index (Phi) is 8.16. The molecule has 0 fully saturated rings. The summed E-state index contributed by atoms with van der Waals surface area (Å²) in [6.45, 7) is 0. The van der Waals surface area contributed by atoms with Crippen molar-refractivity contribution < 1.29 is 9.72 Å². The molecule has 2 rings (SSSR count). The number of alkyl halides is 3. The molecular formula is C16H11Cl5N4O3S. The van der Waals surface area contributed by atoms with Crippen molar-refractivity contribution in [3.05, 3.63) is 68.2 Å². The van der Waals surface area contributed by atoms with Gasteiger partial charge in [-0.05, 0) is 36.5 Å². The standard InChI is InChI=1S/C16H11Cl5N4O3S/c17-9-4-5-12(11(18)7-9)22-15(29)24-14(16(19,20)21)23-13(26)8-2-1-3-10(6-8)25(27)28/h1-7,14H,(H,23,26)(H2,22,24,29)/t14-/m0/s1. The van der Waals surface area contributed by atoms with Crippen molar-refractivity contribution >= 4 is 92.6 Å². The summed E-state index contributed by atoms with van der Waals surface area (Å²) >= 11 is 34.9. The van der Waals surface area contributed by atoms with Crippen molar-refractivity contribution in [2.75, 3.05) is 5.32 Å². The fourth-order valence-electron chi connectivity index (χ4n) is 2.06. The molecule has 0 aromatic heterocycles. The number of nitrogens with one attached hydrogen (secondary N) is 3. The number of benzene rings is 2. The van der Waals surface area contributed by atoms with Gasteiger partial charge in [-0.2, -0.15) is 0 Å². The van der Waals surface area contributed by atoms with Crippen LogP contribution < -0.4 is 16.0 Å². The van der Waals surface area contributed by atoms with Crippen LogP contribution in [0, 0.1) is 10.1 Å². The molecule has 0 bridgehead atoms. The zero-order valence-electron chi connectivity index (χ0n) is 14.1. The van der Waals surface area contributed by atoms with Crippen LogP contribution in [-0.2, 0) is 0 Å². The summed E-state index contributed by atoms with van der Waals surface area (Å²) < 4.78 is -2.01. The topological polar surface area (TPSA) is 96.3 Å². The van der Waals surface area contributed by atoms with Crippen molar-refractivity contribution in [3.63, 3.8) is 0 Å². The molecule has 0 unspecified atom stereocenters. The monoisotopic (exact) mass is 514 g/mol. The molecule has 0 saturated carbocycles. The number of non-ortho nitro benzene ring substituents is 1. The average molecular weight is 517 g/mol. The molecule has 0 saturated heterocycles. The molecule has 0 heterocycles. The van der Waals surface area contributed by atoms with E-state index >= 15 is 0 Å². The maximum Gasteiger partial charge on any atom is 0.270 e. The van der Waals surface area contributed by atoms with Crippen molar-refractivity contribution in [3.8, 4) is 0 Å². The van der Waals surface area contributed by atoms with Crippen molar-refractivity contribution in [2.24, 2.45) is 0 Å². The predicted octanol–water partition coefficient (Wildman–Crippen LogP) is 5.31. The highest BCUT2D eigenvalue weighted by Crippen LogP contribution is 2.30. The van der Waals surface area contributed by atoms with Gasteiger partial charge in [-0.1, -0.05) is 64.1 Å². The first-order valence-electron chi connectivity index (χ1n) is 7.62. The number of hydrogen-bond acceptors (Lipinski definition) is 4. The maximum absolute atomic E-state index is 12.5. The number of rotatable bonds is 5. The third-order valence-electron chi connectivity index (χ3n) is 3.38. The molecule has 0 aliphatic rings. The molecule has 3 N–H and O–H groups in total. The molecule has 7 nitrogen and oxygen atoms in total. The Morgan fingerprint density at radius 3 is 2.38 bits per heavy atom. The van der Waals surface area contributed by atoms with Crippen LogP contribution in [0.15, 0.2) is 42.5 Å². The number of amides is 1. The lowest BCUT2D eigenvalue weighted by molar-refractivity contribution is -0.384. The van der Waals surface area contributed by atoms with Gasteiger partial charge >= 0.3 is 0 Å². The fourth-order valence-corrected chi connectivity index (χ4v) is 3.07. The molecular weight excluding hydrogens is 506 g/mol. The molecule has 13 heteroatoms. The van der Waals surface area contributed by atoms with Crippen LogP contribution in [0.3, 0.4) is 0 Å². The van der Waals surface area contributed by atoms with Gasteiger partial charge in [0.05, 0.1) is 15.6 Å². The maximum atomic E-state index is 12.5. The van der Waals surface area contributed by atoms with E-state index in [1.165, 1.54) is 24.3 Å². The number of carbonyl (C=O) groups is 1. The number of nitrogens with zero attached hydrogens (tertiary/aromatic N) is 1. The first-order valence-corrected chi connectivity index (χ1v) is 9.92. The Morgan fingerprint density at radius 2 is 1.79 bits per heavy atom. The van der Waals surface area contributed by atoms with Crippen molar-refractivity contribution in [2.45, 2.75) is 9.96 Å². The van der Waals surface area contributed by atoms with Gasteiger partial charge in [-0.25, -0.2) is 0 Å².